The van der Waals surface area contributed by atoms with Crippen LogP contribution in [-0.4, -0.2) is 19.1 Å². The summed E-state index contributed by atoms with van der Waals surface area (Å²) in [6.45, 7) is 4.41. The van der Waals surface area contributed by atoms with E-state index in [4.69, 9.17) is 0 Å². The second-order valence-electron chi connectivity index (χ2n) is 5.69. The molecule has 1 saturated carbocycles. The first-order chi connectivity index (χ1) is 8.16. The van der Waals surface area contributed by atoms with Gasteiger partial charge in [-0.2, -0.15) is 0 Å². The third kappa shape index (κ3) is 1.70. The van der Waals surface area contributed by atoms with Gasteiger partial charge in [0.15, 0.2) is 0 Å². The summed E-state index contributed by atoms with van der Waals surface area (Å²) in [5, 5.41) is 3.78. The predicted molar refractivity (Wildman–Crippen MR) is 74.0 cm³/mol. The number of hydrogen-bond donors (Lipinski definition) is 1. The molecule has 0 saturated heterocycles. The van der Waals surface area contributed by atoms with Crippen LogP contribution in [0.2, 0.25) is 0 Å². The largest absolute Gasteiger partial charge is 0.378 e. The second kappa shape index (κ2) is 3.94. The molecule has 0 spiro atoms. The Balaban J connectivity index is 2.05. The molecule has 2 aliphatic rings. The number of anilines is 2. The van der Waals surface area contributed by atoms with Gasteiger partial charge < -0.3 is 10.2 Å². The van der Waals surface area contributed by atoms with E-state index in [-0.39, 0.29) is 0 Å². The lowest BCUT2D eigenvalue weighted by atomic mass is 9.86. The minimum absolute atomic E-state index is 0.655. The summed E-state index contributed by atoms with van der Waals surface area (Å²) in [4.78, 5) is 2.51. The van der Waals surface area contributed by atoms with Gasteiger partial charge in [0.25, 0.3) is 0 Å². The van der Waals surface area contributed by atoms with Crippen molar-refractivity contribution in [3.8, 4) is 0 Å². The summed E-state index contributed by atoms with van der Waals surface area (Å²) < 4.78 is 0. The number of rotatable bonds is 0. The van der Waals surface area contributed by atoms with E-state index in [1.54, 1.807) is 0 Å². The van der Waals surface area contributed by atoms with Crippen LogP contribution in [0.5, 0.6) is 0 Å². The number of benzene rings is 1. The zero-order valence-corrected chi connectivity index (χ0v) is 11.1. The van der Waals surface area contributed by atoms with Crippen LogP contribution in [0.1, 0.15) is 36.8 Å². The van der Waals surface area contributed by atoms with Crippen molar-refractivity contribution in [3.05, 3.63) is 23.3 Å². The van der Waals surface area contributed by atoms with Crippen molar-refractivity contribution in [1.82, 2.24) is 0 Å². The zero-order chi connectivity index (χ0) is 12.0. The van der Waals surface area contributed by atoms with Crippen LogP contribution in [0, 0.1) is 13.8 Å². The van der Waals surface area contributed by atoms with Gasteiger partial charge in [-0.15, -0.1) is 0 Å². The molecule has 0 radical (unpaired) electrons. The topological polar surface area (TPSA) is 15.3 Å². The summed E-state index contributed by atoms with van der Waals surface area (Å²) in [7, 11) is 2.27. The molecule has 2 heteroatoms. The molecule has 2 atom stereocenters. The van der Waals surface area contributed by atoms with Gasteiger partial charge in [0.1, 0.15) is 0 Å². The number of likely N-dealkylation sites (N-methyl/N-ethyl adjacent to an activating group) is 1. The van der Waals surface area contributed by atoms with Gasteiger partial charge in [0.2, 0.25) is 0 Å². The molecule has 0 amide bonds. The van der Waals surface area contributed by atoms with Gasteiger partial charge in [-0.3, -0.25) is 0 Å². The molecular weight excluding hydrogens is 208 g/mol. The average molecular weight is 230 g/mol. The molecule has 1 N–H and O–H groups in total. The number of hydrogen-bond acceptors (Lipinski definition) is 2. The summed E-state index contributed by atoms with van der Waals surface area (Å²) in [5.41, 5.74) is 5.51. The van der Waals surface area contributed by atoms with Crippen LogP contribution in [0.25, 0.3) is 0 Å². The Bertz CT molecular complexity index is 439. The van der Waals surface area contributed by atoms with Crippen molar-refractivity contribution in [3.63, 3.8) is 0 Å². The Hall–Kier alpha value is -1.18. The van der Waals surface area contributed by atoms with Crippen molar-refractivity contribution in [2.75, 3.05) is 17.3 Å². The number of fused-ring (bicyclic) bond motifs is 2. The molecule has 17 heavy (non-hydrogen) atoms. The molecule has 92 valence electrons. The van der Waals surface area contributed by atoms with E-state index in [1.165, 1.54) is 48.2 Å². The summed E-state index contributed by atoms with van der Waals surface area (Å²) in [6, 6.07) is 5.95. The SMILES string of the molecule is Cc1cc(C)c2c(c1)N(C)C1CCCCC1N2. The lowest BCUT2D eigenvalue weighted by Gasteiger charge is -2.45. The summed E-state index contributed by atoms with van der Waals surface area (Å²) >= 11 is 0. The molecule has 1 aliphatic heterocycles. The van der Waals surface area contributed by atoms with E-state index in [0.29, 0.717) is 12.1 Å². The Morgan fingerprint density at radius 3 is 2.76 bits per heavy atom. The van der Waals surface area contributed by atoms with Crippen LogP contribution in [-0.2, 0) is 0 Å². The van der Waals surface area contributed by atoms with Gasteiger partial charge in [0, 0.05) is 19.1 Å². The van der Waals surface area contributed by atoms with E-state index < -0.39 is 0 Å². The molecule has 1 heterocycles. The lowest BCUT2D eigenvalue weighted by Crippen LogP contribution is -2.50. The third-order valence-electron chi connectivity index (χ3n) is 4.40. The maximum atomic E-state index is 3.78. The number of aryl methyl sites for hydroxylation is 2. The highest BCUT2D eigenvalue weighted by Crippen LogP contribution is 2.40. The monoisotopic (exact) mass is 230 g/mol. The van der Waals surface area contributed by atoms with Crippen LogP contribution in [0.3, 0.4) is 0 Å². The van der Waals surface area contributed by atoms with Crippen molar-refractivity contribution < 1.29 is 0 Å². The van der Waals surface area contributed by atoms with Crippen LogP contribution in [0.4, 0.5) is 11.4 Å². The lowest BCUT2D eigenvalue weighted by molar-refractivity contribution is 0.385. The zero-order valence-electron chi connectivity index (χ0n) is 11.1. The Kier molecular flexibility index (Phi) is 2.53. The predicted octanol–water partition coefficient (Wildman–Crippen LogP) is 3.48. The fourth-order valence-electron chi connectivity index (χ4n) is 3.52. The van der Waals surface area contributed by atoms with Crippen molar-refractivity contribution in [2.45, 2.75) is 51.6 Å². The molecule has 1 aliphatic carbocycles. The van der Waals surface area contributed by atoms with Gasteiger partial charge >= 0.3 is 0 Å². The number of nitrogens with one attached hydrogen (secondary N) is 1. The van der Waals surface area contributed by atoms with E-state index >= 15 is 0 Å². The molecule has 3 rings (SSSR count). The van der Waals surface area contributed by atoms with Crippen molar-refractivity contribution >= 4 is 11.4 Å². The first-order valence-corrected chi connectivity index (χ1v) is 6.77. The molecule has 1 fully saturated rings. The Morgan fingerprint density at radius 1 is 1.18 bits per heavy atom. The highest BCUT2D eigenvalue weighted by molar-refractivity contribution is 5.77. The molecule has 1 aromatic rings. The van der Waals surface area contributed by atoms with E-state index in [0.717, 1.165) is 0 Å². The molecule has 0 bridgehead atoms. The highest BCUT2D eigenvalue weighted by atomic mass is 15.2. The minimum Gasteiger partial charge on any atom is -0.378 e. The fraction of sp³-hybridized carbons (Fsp3) is 0.600. The van der Waals surface area contributed by atoms with Gasteiger partial charge in [-0.05, 0) is 43.9 Å². The quantitative estimate of drug-likeness (QED) is 0.734. The molecule has 1 aromatic carbocycles. The standard InChI is InChI=1S/C15H22N2/c1-10-8-11(2)15-14(9-10)17(3)13-7-5-4-6-12(13)16-15/h8-9,12-13,16H,4-7H2,1-3H3. The van der Waals surface area contributed by atoms with E-state index in [1.807, 2.05) is 0 Å². The van der Waals surface area contributed by atoms with Crippen LogP contribution < -0.4 is 10.2 Å². The Labute approximate surface area is 104 Å². The maximum Gasteiger partial charge on any atom is 0.0610 e. The Morgan fingerprint density at radius 2 is 1.94 bits per heavy atom. The minimum atomic E-state index is 0.655. The molecule has 0 aromatic heterocycles. The van der Waals surface area contributed by atoms with Crippen LogP contribution >= 0.6 is 0 Å². The average Bonchev–Trinajstić information content (AvgIpc) is 2.31. The van der Waals surface area contributed by atoms with Gasteiger partial charge in [0.05, 0.1) is 11.4 Å². The fourth-order valence-corrected chi connectivity index (χ4v) is 3.52. The third-order valence-corrected chi connectivity index (χ3v) is 4.40. The normalized spacial score (nSPS) is 27.1. The first-order valence-electron chi connectivity index (χ1n) is 6.77. The van der Waals surface area contributed by atoms with E-state index in [2.05, 4.69) is 43.2 Å². The second-order valence-corrected chi connectivity index (χ2v) is 5.69. The molecular formula is C15H22N2. The first kappa shape index (κ1) is 10.9. The van der Waals surface area contributed by atoms with E-state index in [9.17, 15) is 0 Å². The summed E-state index contributed by atoms with van der Waals surface area (Å²) in [5.74, 6) is 0. The molecule has 2 unspecified atom stereocenters. The molecule has 2 nitrogen and oxygen atoms in total. The summed E-state index contributed by atoms with van der Waals surface area (Å²) in [6.07, 6.45) is 5.41. The maximum absolute atomic E-state index is 3.78. The van der Waals surface area contributed by atoms with Crippen LogP contribution in [0.15, 0.2) is 12.1 Å². The van der Waals surface area contributed by atoms with Gasteiger partial charge in [-0.1, -0.05) is 18.9 Å². The smallest absolute Gasteiger partial charge is 0.0610 e. The van der Waals surface area contributed by atoms with Gasteiger partial charge in [-0.25, -0.2) is 0 Å². The number of nitrogens with zero attached hydrogens (tertiary/aromatic N) is 1. The van der Waals surface area contributed by atoms with Crippen molar-refractivity contribution in [2.24, 2.45) is 0 Å². The highest BCUT2D eigenvalue weighted by Gasteiger charge is 2.34. The van der Waals surface area contributed by atoms with Crippen molar-refractivity contribution in [1.29, 1.82) is 0 Å².